The number of carboxylic acid groups (broad SMARTS) is 1. The highest BCUT2D eigenvalue weighted by Gasteiger charge is 2.17. The summed E-state index contributed by atoms with van der Waals surface area (Å²) in [6.07, 6.45) is 1.83. The van der Waals surface area contributed by atoms with Crippen LogP contribution in [0.15, 0.2) is 36.9 Å². The smallest absolute Gasteiger partial charge is 0.310 e. The van der Waals surface area contributed by atoms with Gasteiger partial charge in [0, 0.05) is 5.92 Å². The van der Waals surface area contributed by atoms with Crippen molar-refractivity contribution in [2.24, 2.45) is 0 Å². The molecule has 1 aromatic carbocycles. The van der Waals surface area contributed by atoms with E-state index in [1.807, 2.05) is 45.0 Å². The van der Waals surface area contributed by atoms with Gasteiger partial charge in [0.15, 0.2) is 0 Å². The van der Waals surface area contributed by atoms with Crippen LogP contribution in [0.25, 0.3) is 0 Å². The Hall–Kier alpha value is -2.10. The van der Waals surface area contributed by atoms with Crippen molar-refractivity contribution < 1.29 is 19.4 Å². The molecular weight excluding hydrogens is 268 g/mol. The first-order valence-corrected chi connectivity index (χ1v) is 6.86. The zero-order chi connectivity index (χ0) is 16.0. The van der Waals surface area contributed by atoms with Gasteiger partial charge in [-0.25, -0.2) is 0 Å². The number of carbonyl (C=O) groups excluding carboxylic acids is 1. The fraction of sp³-hybridized carbons (Fsp3) is 0.412. The van der Waals surface area contributed by atoms with E-state index >= 15 is 0 Å². The number of carbonyl (C=O) groups is 2. The Morgan fingerprint density at radius 3 is 2.29 bits per heavy atom. The molecule has 0 bridgehead atoms. The van der Waals surface area contributed by atoms with Gasteiger partial charge in [0.05, 0.1) is 12.8 Å². The van der Waals surface area contributed by atoms with E-state index in [1.165, 1.54) is 0 Å². The minimum atomic E-state index is -0.863. The van der Waals surface area contributed by atoms with Crippen LogP contribution in [0.4, 0.5) is 0 Å². The van der Waals surface area contributed by atoms with Crippen molar-refractivity contribution in [1.29, 1.82) is 0 Å². The third-order valence-electron chi connectivity index (χ3n) is 2.86. The second-order valence-corrected chi connectivity index (χ2v) is 5.94. The van der Waals surface area contributed by atoms with Crippen LogP contribution < -0.4 is 0 Å². The highest BCUT2D eigenvalue weighted by molar-refractivity contribution is 5.73. The third kappa shape index (κ3) is 6.25. The summed E-state index contributed by atoms with van der Waals surface area (Å²) in [5.74, 6) is -1.36. The van der Waals surface area contributed by atoms with Gasteiger partial charge in [0.25, 0.3) is 0 Å². The fourth-order valence-electron chi connectivity index (χ4n) is 1.95. The van der Waals surface area contributed by atoms with E-state index in [9.17, 15) is 9.59 Å². The summed E-state index contributed by atoms with van der Waals surface area (Å²) in [4.78, 5) is 22.5. The summed E-state index contributed by atoms with van der Waals surface area (Å²) in [5, 5.41) is 8.85. The van der Waals surface area contributed by atoms with E-state index in [0.717, 1.165) is 11.1 Å². The minimum Gasteiger partial charge on any atom is -0.481 e. The molecule has 0 saturated carbocycles. The van der Waals surface area contributed by atoms with Gasteiger partial charge in [-0.3, -0.25) is 9.59 Å². The second-order valence-electron chi connectivity index (χ2n) is 5.94. The van der Waals surface area contributed by atoms with E-state index in [0.29, 0.717) is 0 Å². The zero-order valence-corrected chi connectivity index (χ0v) is 12.8. The van der Waals surface area contributed by atoms with Crippen LogP contribution in [0.1, 0.15) is 44.2 Å². The average molecular weight is 290 g/mol. The molecule has 114 valence electrons. The number of allylic oxidation sites excluding steroid dienone is 1. The van der Waals surface area contributed by atoms with E-state index in [4.69, 9.17) is 9.84 Å². The molecule has 1 atom stereocenters. The number of hydrogen-bond donors (Lipinski definition) is 1. The Kier molecular flexibility index (Phi) is 5.70. The molecule has 0 radical (unpaired) electrons. The van der Waals surface area contributed by atoms with E-state index in [1.54, 1.807) is 6.08 Å². The number of rotatable bonds is 6. The molecule has 0 aliphatic heterocycles. The molecular formula is C17H22O4. The Morgan fingerprint density at radius 2 is 1.86 bits per heavy atom. The van der Waals surface area contributed by atoms with Gasteiger partial charge >= 0.3 is 11.9 Å². The van der Waals surface area contributed by atoms with Crippen LogP contribution in [0.2, 0.25) is 0 Å². The fourth-order valence-corrected chi connectivity index (χ4v) is 1.95. The van der Waals surface area contributed by atoms with Crippen molar-refractivity contribution in [1.82, 2.24) is 0 Å². The molecule has 0 aliphatic carbocycles. The SMILES string of the molecule is C=C[C@@H](CC(=O)O)c1ccc(CC(=O)OC(C)(C)C)cc1. The molecule has 0 unspecified atom stereocenters. The van der Waals surface area contributed by atoms with Crippen LogP contribution >= 0.6 is 0 Å². The molecule has 0 heterocycles. The van der Waals surface area contributed by atoms with Crippen molar-refractivity contribution >= 4 is 11.9 Å². The summed E-state index contributed by atoms with van der Waals surface area (Å²) < 4.78 is 5.26. The van der Waals surface area contributed by atoms with Gasteiger partial charge in [0.1, 0.15) is 5.60 Å². The van der Waals surface area contributed by atoms with Crippen molar-refractivity contribution in [3.63, 3.8) is 0 Å². The molecule has 1 N–H and O–H groups in total. The van der Waals surface area contributed by atoms with E-state index in [2.05, 4.69) is 6.58 Å². The first-order chi connectivity index (χ1) is 9.71. The van der Waals surface area contributed by atoms with Crippen LogP contribution in [-0.2, 0) is 20.7 Å². The number of carboxylic acids is 1. The molecule has 4 nitrogen and oxygen atoms in total. The van der Waals surface area contributed by atoms with Crippen molar-refractivity contribution in [2.45, 2.75) is 45.1 Å². The van der Waals surface area contributed by atoms with Crippen LogP contribution in [0.3, 0.4) is 0 Å². The van der Waals surface area contributed by atoms with Gasteiger partial charge in [-0.05, 0) is 31.9 Å². The Balaban J connectivity index is 2.71. The molecule has 1 rings (SSSR count). The first kappa shape index (κ1) is 17.0. The molecule has 1 aromatic rings. The molecule has 0 aromatic heterocycles. The van der Waals surface area contributed by atoms with Gasteiger partial charge in [-0.15, -0.1) is 6.58 Å². The first-order valence-electron chi connectivity index (χ1n) is 6.86. The maximum atomic E-state index is 11.7. The third-order valence-corrected chi connectivity index (χ3v) is 2.86. The summed E-state index contributed by atoms with van der Waals surface area (Å²) in [6.45, 7) is 9.15. The summed E-state index contributed by atoms with van der Waals surface area (Å²) >= 11 is 0. The standard InChI is InChI=1S/C17H22O4/c1-5-13(11-15(18)19)14-8-6-12(7-9-14)10-16(20)21-17(2,3)4/h5-9,13H,1,10-11H2,2-4H3,(H,18,19)/t13-/m0/s1. The Morgan fingerprint density at radius 1 is 1.29 bits per heavy atom. The predicted molar refractivity (Wildman–Crippen MR) is 81.2 cm³/mol. The quantitative estimate of drug-likeness (QED) is 0.645. The maximum Gasteiger partial charge on any atom is 0.310 e. The molecule has 0 spiro atoms. The number of esters is 1. The van der Waals surface area contributed by atoms with Crippen molar-refractivity contribution in [2.75, 3.05) is 0 Å². The summed E-state index contributed by atoms with van der Waals surface area (Å²) in [5.41, 5.74) is 1.22. The van der Waals surface area contributed by atoms with E-state index < -0.39 is 11.6 Å². The molecule has 0 amide bonds. The molecule has 0 fully saturated rings. The highest BCUT2D eigenvalue weighted by atomic mass is 16.6. The number of hydrogen-bond acceptors (Lipinski definition) is 3. The monoisotopic (exact) mass is 290 g/mol. The highest BCUT2D eigenvalue weighted by Crippen LogP contribution is 2.21. The normalized spacial score (nSPS) is 12.5. The molecule has 4 heteroatoms. The van der Waals surface area contributed by atoms with Gasteiger partial charge < -0.3 is 9.84 Å². The largest absolute Gasteiger partial charge is 0.481 e. The molecule has 0 aliphatic rings. The van der Waals surface area contributed by atoms with Crippen LogP contribution in [-0.4, -0.2) is 22.6 Å². The molecule has 0 saturated heterocycles. The van der Waals surface area contributed by atoms with Crippen LogP contribution in [0, 0.1) is 0 Å². The number of ether oxygens (including phenoxy) is 1. The minimum absolute atomic E-state index is 0.00884. The summed E-state index contributed by atoms with van der Waals surface area (Å²) in [6, 6.07) is 7.29. The lowest BCUT2D eigenvalue weighted by Crippen LogP contribution is -2.24. The van der Waals surface area contributed by atoms with E-state index in [-0.39, 0.29) is 24.7 Å². The maximum absolute atomic E-state index is 11.7. The van der Waals surface area contributed by atoms with Gasteiger partial charge in [-0.2, -0.15) is 0 Å². The topological polar surface area (TPSA) is 63.6 Å². The number of aliphatic carboxylic acids is 1. The zero-order valence-electron chi connectivity index (χ0n) is 12.8. The van der Waals surface area contributed by atoms with Gasteiger partial charge in [-0.1, -0.05) is 30.3 Å². The average Bonchev–Trinajstić information content (AvgIpc) is 2.34. The van der Waals surface area contributed by atoms with Crippen molar-refractivity contribution in [3.8, 4) is 0 Å². The van der Waals surface area contributed by atoms with Gasteiger partial charge in [0.2, 0.25) is 0 Å². The Bertz CT molecular complexity index is 509. The predicted octanol–water partition coefficient (Wildman–Crippen LogP) is 3.32. The van der Waals surface area contributed by atoms with Crippen molar-refractivity contribution in [3.05, 3.63) is 48.0 Å². The molecule has 21 heavy (non-hydrogen) atoms. The Labute approximate surface area is 125 Å². The lowest BCUT2D eigenvalue weighted by molar-refractivity contribution is -0.153. The lowest BCUT2D eigenvalue weighted by Gasteiger charge is -2.19. The second kappa shape index (κ2) is 7.07. The lowest BCUT2D eigenvalue weighted by atomic mass is 9.94. The summed E-state index contributed by atoms with van der Waals surface area (Å²) in [7, 11) is 0. The van der Waals surface area contributed by atoms with Crippen LogP contribution in [0.5, 0.6) is 0 Å². The number of benzene rings is 1.